The number of aldehydes is 2. The minimum atomic E-state index is 0.0631. The lowest BCUT2D eigenvalue weighted by atomic mass is 10.1. The average Bonchev–Trinajstić information content (AvgIpc) is 2.64. The zero-order valence-corrected chi connectivity index (χ0v) is 13.3. The van der Waals surface area contributed by atoms with Gasteiger partial charge in [0.25, 0.3) is 0 Å². The van der Waals surface area contributed by atoms with Gasteiger partial charge in [0.2, 0.25) is 0 Å². The molecule has 0 heterocycles. The van der Waals surface area contributed by atoms with Crippen molar-refractivity contribution < 1.29 is 19.4 Å². The van der Waals surface area contributed by atoms with Gasteiger partial charge in [-0.3, -0.25) is 9.59 Å². The van der Waals surface area contributed by atoms with Crippen LogP contribution in [0, 0.1) is 0 Å². The topological polar surface area (TPSA) is 63.6 Å². The van der Waals surface area contributed by atoms with Gasteiger partial charge in [-0.15, -0.1) is 0 Å². The van der Waals surface area contributed by atoms with E-state index in [1.54, 1.807) is 24.3 Å². The largest absolute Gasteiger partial charge is 0.507 e. The summed E-state index contributed by atoms with van der Waals surface area (Å²) >= 11 is 0. The molecule has 122 valence electrons. The van der Waals surface area contributed by atoms with Crippen molar-refractivity contribution in [1.82, 2.24) is 0 Å². The molecule has 1 N–H and O–H groups in total. The lowest BCUT2D eigenvalue weighted by molar-refractivity contribution is 0.111. The molecule has 0 bridgehead atoms. The zero-order chi connectivity index (χ0) is 17.4. The molecule has 0 aliphatic heterocycles. The fourth-order valence-corrected chi connectivity index (χ4v) is 2.23. The Hall–Kier alpha value is -3.14. The fraction of sp³-hybridized carbons (Fsp3) is 0.100. The van der Waals surface area contributed by atoms with Crippen molar-refractivity contribution in [3.8, 4) is 11.5 Å². The maximum Gasteiger partial charge on any atom is 0.153 e. The van der Waals surface area contributed by atoms with Crippen molar-refractivity contribution in [2.45, 2.75) is 6.92 Å². The van der Waals surface area contributed by atoms with E-state index in [0.29, 0.717) is 35.2 Å². The van der Waals surface area contributed by atoms with Gasteiger partial charge < -0.3 is 9.84 Å². The molecule has 0 saturated carbocycles. The van der Waals surface area contributed by atoms with E-state index in [0.717, 1.165) is 11.7 Å². The number of carbonyl (C=O) groups excluding carboxylic acids is 2. The first-order chi connectivity index (χ1) is 11.7. The van der Waals surface area contributed by atoms with Gasteiger partial charge in [-0.1, -0.05) is 42.5 Å². The minimum absolute atomic E-state index is 0.0631. The van der Waals surface area contributed by atoms with Crippen LogP contribution in [0.5, 0.6) is 11.5 Å². The van der Waals surface area contributed by atoms with Crippen LogP contribution in [-0.4, -0.2) is 24.3 Å². The van der Waals surface area contributed by atoms with Crippen molar-refractivity contribution in [1.29, 1.82) is 0 Å². The number of ether oxygens (including phenoxy) is 1. The summed E-state index contributed by atoms with van der Waals surface area (Å²) in [5.74, 6) is 0.720. The summed E-state index contributed by atoms with van der Waals surface area (Å²) in [6.07, 6.45) is 1.45. The van der Waals surface area contributed by atoms with E-state index >= 15 is 0 Å². The molecule has 3 aromatic rings. The molecule has 0 spiro atoms. The molecule has 24 heavy (non-hydrogen) atoms. The van der Waals surface area contributed by atoms with E-state index in [2.05, 4.69) is 0 Å². The van der Waals surface area contributed by atoms with Gasteiger partial charge in [0.1, 0.15) is 11.5 Å². The van der Waals surface area contributed by atoms with E-state index in [9.17, 15) is 14.7 Å². The minimum Gasteiger partial charge on any atom is -0.507 e. The quantitative estimate of drug-likeness (QED) is 0.729. The van der Waals surface area contributed by atoms with Crippen molar-refractivity contribution in [2.24, 2.45) is 0 Å². The van der Waals surface area contributed by atoms with Gasteiger partial charge in [0, 0.05) is 5.39 Å². The van der Waals surface area contributed by atoms with Crippen LogP contribution in [0.3, 0.4) is 0 Å². The van der Waals surface area contributed by atoms with Gasteiger partial charge >= 0.3 is 0 Å². The van der Waals surface area contributed by atoms with E-state index in [4.69, 9.17) is 4.74 Å². The highest BCUT2D eigenvalue weighted by molar-refractivity contribution is 5.95. The van der Waals surface area contributed by atoms with Crippen LogP contribution in [0.15, 0.2) is 60.7 Å². The number of fused-ring (bicyclic) bond motifs is 1. The Morgan fingerprint density at radius 1 is 0.875 bits per heavy atom. The molecule has 0 amide bonds. The van der Waals surface area contributed by atoms with Crippen LogP contribution in [-0.2, 0) is 0 Å². The molecule has 4 heteroatoms. The summed E-state index contributed by atoms with van der Waals surface area (Å²) in [5, 5.41) is 11.3. The molecule has 0 aliphatic rings. The number of phenols is 1. The van der Waals surface area contributed by atoms with Gasteiger partial charge in [0.05, 0.1) is 17.7 Å². The molecule has 0 fully saturated rings. The lowest BCUT2D eigenvalue weighted by Gasteiger charge is -2.03. The van der Waals surface area contributed by atoms with E-state index in [1.807, 2.05) is 43.3 Å². The molecular formula is C20H18O4. The zero-order valence-electron chi connectivity index (χ0n) is 13.3. The summed E-state index contributed by atoms with van der Waals surface area (Å²) in [6, 6.07) is 18.0. The maximum atomic E-state index is 10.5. The second-order valence-corrected chi connectivity index (χ2v) is 4.93. The molecule has 3 aromatic carbocycles. The number of hydrogen-bond donors (Lipinski definition) is 1. The molecule has 3 rings (SSSR count). The Morgan fingerprint density at radius 3 is 2.25 bits per heavy atom. The summed E-state index contributed by atoms with van der Waals surface area (Å²) in [7, 11) is 0. The predicted octanol–water partition coefficient (Wildman–Crippen LogP) is 4.26. The maximum absolute atomic E-state index is 10.5. The first-order valence-corrected chi connectivity index (χ1v) is 7.54. The number of carbonyl (C=O) groups is 2. The number of rotatable bonds is 4. The second kappa shape index (κ2) is 8.48. The molecule has 0 atom stereocenters. The van der Waals surface area contributed by atoms with Crippen LogP contribution in [0.1, 0.15) is 27.6 Å². The summed E-state index contributed by atoms with van der Waals surface area (Å²) < 4.78 is 5.20. The normalized spacial score (nSPS) is 9.71. The summed E-state index contributed by atoms with van der Waals surface area (Å²) in [6.45, 7) is 2.48. The molecule has 0 unspecified atom stereocenters. The van der Waals surface area contributed by atoms with Crippen LogP contribution in [0.2, 0.25) is 0 Å². The number of para-hydroxylation sites is 1. The first kappa shape index (κ1) is 17.2. The van der Waals surface area contributed by atoms with Crippen LogP contribution in [0.25, 0.3) is 10.8 Å². The molecule has 4 nitrogen and oxygen atoms in total. The molecule has 0 aromatic heterocycles. The van der Waals surface area contributed by atoms with Crippen LogP contribution in [0.4, 0.5) is 0 Å². The Kier molecular flexibility index (Phi) is 6.08. The Labute approximate surface area is 140 Å². The highest BCUT2D eigenvalue weighted by atomic mass is 16.5. The second-order valence-electron chi connectivity index (χ2n) is 4.93. The number of hydrogen-bond acceptors (Lipinski definition) is 4. The SMILES string of the molecule is CCOc1ccccc1C=O.O=Cc1ccc2ccccc2c1O. The van der Waals surface area contributed by atoms with Crippen molar-refractivity contribution in [2.75, 3.05) is 6.61 Å². The average molecular weight is 322 g/mol. The molecule has 0 saturated heterocycles. The smallest absolute Gasteiger partial charge is 0.153 e. The Bertz CT molecular complexity index is 840. The van der Waals surface area contributed by atoms with Gasteiger partial charge in [-0.25, -0.2) is 0 Å². The summed E-state index contributed by atoms with van der Waals surface area (Å²) in [5.41, 5.74) is 0.938. The third-order valence-electron chi connectivity index (χ3n) is 3.40. The molecular weight excluding hydrogens is 304 g/mol. The Balaban J connectivity index is 0.000000177. The monoisotopic (exact) mass is 322 g/mol. The lowest BCUT2D eigenvalue weighted by Crippen LogP contribution is -1.94. The number of phenolic OH excluding ortho intramolecular Hbond substituents is 1. The van der Waals surface area contributed by atoms with Crippen molar-refractivity contribution in [3.63, 3.8) is 0 Å². The van der Waals surface area contributed by atoms with Crippen LogP contribution >= 0.6 is 0 Å². The van der Waals surface area contributed by atoms with Crippen molar-refractivity contribution >= 4 is 23.3 Å². The van der Waals surface area contributed by atoms with E-state index in [1.165, 1.54) is 0 Å². The third-order valence-corrected chi connectivity index (χ3v) is 3.40. The standard InChI is InChI=1S/C11H8O2.C9H10O2/c12-7-9-6-5-8-3-1-2-4-10(8)11(9)13;1-2-11-9-6-4-3-5-8(9)7-10/h1-7,13H;3-7H,2H2,1H3. The van der Waals surface area contributed by atoms with Crippen molar-refractivity contribution in [3.05, 3.63) is 71.8 Å². The Morgan fingerprint density at radius 2 is 1.54 bits per heavy atom. The van der Waals surface area contributed by atoms with Gasteiger partial charge in [0.15, 0.2) is 12.6 Å². The number of aromatic hydroxyl groups is 1. The molecule has 0 aliphatic carbocycles. The predicted molar refractivity (Wildman–Crippen MR) is 94.0 cm³/mol. The van der Waals surface area contributed by atoms with E-state index < -0.39 is 0 Å². The number of benzene rings is 3. The van der Waals surface area contributed by atoms with Gasteiger partial charge in [-0.2, -0.15) is 0 Å². The van der Waals surface area contributed by atoms with Crippen LogP contribution < -0.4 is 4.74 Å². The van der Waals surface area contributed by atoms with Gasteiger partial charge in [-0.05, 0) is 30.5 Å². The summed E-state index contributed by atoms with van der Waals surface area (Å²) in [4.78, 5) is 20.9. The highest BCUT2D eigenvalue weighted by Gasteiger charge is 2.03. The highest BCUT2D eigenvalue weighted by Crippen LogP contribution is 2.27. The first-order valence-electron chi connectivity index (χ1n) is 7.54. The fourth-order valence-electron chi connectivity index (χ4n) is 2.23. The third kappa shape index (κ3) is 3.98. The molecule has 0 radical (unpaired) electrons. The van der Waals surface area contributed by atoms with E-state index in [-0.39, 0.29) is 5.75 Å².